The zero-order valence-electron chi connectivity index (χ0n) is 18.5. The van der Waals surface area contributed by atoms with Crippen molar-refractivity contribution in [1.29, 1.82) is 0 Å². The molecule has 1 amide bonds. The van der Waals surface area contributed by atoms with E-state index in [0.29, 0.717) is 52.1 Å². The normalized spacial score (nSPS) is 17.7. The van der Waals surface area contributed by atoms with Gasteiger partial charge in [0.2, 0.25) is 0 Å². The number of fused-ring (bicyclic) bond motifs is 1. The predicted octanol–water partition coefficient (Wildman–Crippen LogP) is 3.45. The Morgan fingerprint density at radius 2 is 2.00 bits per heavy atom. The number of unbranched alkanes of at least 4 members (excludes halogenated alkanes) is 2. The second kappa shape index (κ2) is 10.0. The first-order chi connectivity index (χ1) is 15.9. The van der Waals surface area contributed by atoms with Crippen LogP contribution in [0.1, 0.15) is 49.7 Å². The molecule has 2 aliphatic rings. The van der Waals surface area contributed by atoms with Gasteiger partial charge in [0.1, 0.15) is 15.8 Å². The van der Waals surface area contributed by atoms with E-state index in [9.17, 15) is 14.4 Å². The lowest BCUT2D eigenvalue weighted by Gasteiger charge is -2.20. The number of carboxylic acids is 1. The molecule has 0 bridgehead atoms. The van der Waals surface area contributed by atoms with Gasteiger partial charge in [-0.1, -0.05) is 36.5 Å². The minimum atomic E-state index is -0.817. The van der Waals surface area contributed by atoms with Crippen molar-refractivity contribution in [2.75, 3.05) is 24.5 Å². The van der Waals surface area contributed by atoms with E-state index in [4.69, 9.17) is 22.3 Å². The third-order valence-corrected chi connectivity index (χ3v) is 7.27. The Labute approximate surface area is 201 Å². The van der Waals surface area contributed by atoms with Crippen LogP contribution in [0.2, 0.25) is 0 Å². The van der Waals surface area contributed by atoms with Crippen molar-refractivity contribution in [3.8, 4) is 0 Å². The molecule has 2 aliphatic heterocycles. The fourth-order valence-corrected chi connectivity index (χ4v) is 5.43. The van der Waals surface area contributed by atoms with E-state index < -0.39 is 5.97 Å². The Bertz CT molecular complexity index is 1200. The van der Waals surface area contributed by atoms with Gasteiger partial charge in [0.15, 0.2) is 0 Å². The average molecular weight is 487 g/mol. The number of thioether (sulfide) groups is 1. The summed E-state index contributed by atoms with van der Waals surface area (Å²) >= 11 is 6.62. The quantitative estimate of drug-likeness (QED) is 0.344. The SMILES string of the molecule is Cc1cccn2c(=O)c(/C=C3/SC(=S)N(CCCCCC(=O)O)C3=O)c(N3CCCC3)nc12. The molecule has 0 atom stereocenters. The van der Waals surface area contributed by atoms with Crippen LogP contribution in [0.5, 0.6) is 0 Å². The summed E-state index contributed by atoms with van der Waals surface area (Å²) in [6.45, 7) is 4.02. The zero-order valence-corrected chi connectivity index (χ0v) is 20.1. The lowest BCUT2D eigenvalue weighted by molar-refractivity contribution is -0.137. The highest BCUT2D eigenvalue weighted by molar-refractivity contribution is 8.26. The molecule has 8 nitrogen and oxygen atoms in total. The van der Waals surface area contributed by atoms with Gasteiger partial charge in [-0.05, 0) is 50.3 Å². The standard InChI is InChI=1S/C23H26N4O4S2/c1-15-8-7-13-26-19(15)24-20(25-10-5-6-11-25)16(21(26)30)14-17-22(31)27(23(32)33-17)12-4-2-3-9-18(28)29/h7-8,13-14H,2-6,9-12H2,1H3,(H,28,29)/b17-14+. The van der Waals surface area contributed by atoms with Crippen molar-refractivity contribution >= 4 is 57.7 Å². The number of amides is 1. The molecule has 0 spiro atoms. The van der Waals surface area contributed by atoms with Crippen LogP contribution in [-0.2, 0) is 9.59 Å². The summed E-state index contributed by atoms with van der Waals surface area (Å²) in [6, 6.07) is 3.74. The van der Waals surface area contributed by atoms with Crippen LogP contribution in [0.3, 0.4) is 0 Å². The molecule has 1 N–H and O–H groups in total. The van der Waals surface area contributed by atoms with E-state index in [1.165, 1.54) is 16.2 Å². The molecule has 0 aliphatic carbocycles. The fourth-order valence-electron chi connectivity index (χ4n) is 4.14. The second-order valence-electron chi connectivity index (χ2n) is 8.27. The van der Waals surface area contributed by atoms with Gasteiger partial charge in [0.05, 0.1) is 10.5 Å². The average Bonchev–Trinajstić information content (AvgIpc) is 3.40. The van der Waals surface area contributed by atoms with Crippen LogP contribution >= 0.6 is 24.0 Å². The number of hydrogen-bond acceptors (Lipinski definition) is 7. The number of rotatable bonds is 8. The number of carboxylic acid groups (broad SMARTS) is 1. The van der Waals surface area contributed by atoms with Gasteiger partial charge in [0, 0.05) is 32.3 Å². The molecule has 2 aromatic heterocycles. The van der Waals surface area contributed by atoms with Crippen LogP contribution in [0.25, 0.3) is 11.7 Å². The van der Waals surface area contributed by atoms with Crippen molar-refractivity contribution < 1.29 is 14.7 Å². The van der Waals surface area contributed by atoms with E-state index in [1.54, 1.807) is 17.2 Å². The minimum absolute atomic E-state index is 0.121. The number of pyridine rings is 1. The maximum atomic E-state index is 13.5. The van der Waals surface area contributed by atoms with Crippen LogP contribution < -0.4 is 10.5 Å². The molecule has 2 fully saturated rings. The number of nitrogens with zero attached hydrogens (tertiary/aromatic N) is 4. The molecule has 0 saturated carbocycles. The first kappa shape index (κ1) is 23.4. The van der Waals surface area contributed by atoms with Crippen LogP contribution in [-0.4, -0.2) is 55.2 Å². The number of aromatic nitrogens is 2. The third kappa shape index (κ3) is 4.96. The monoisotopic (exact) mass is 486 g/mol. The molecule has 2 aromatic rings. The summed E-state index contributed by atoms with van der Waals surface area (Å²) in [7, 11) is 0. The highest BCUT2D eigenvalue weighted by Gasteiger charge is 2.32. The minimum Gasteiger partial charge on any atom is -0.481 e. The highest BCUT2D eigenvalue weighted by atomic mass is 32.2. The first-order valence-electron chi connectivity index (χ1n) is 11.1. The highest BCUT2D eigenvalue weighted by Crippen LogP contribution is 2.34. The van der Waals surface area contributed by atoms with Crippen LogP contribution in [0, 0.1) is 6.92 Å². The number of aliphatic carboxylic acids is 1. The summed E-state index contributed by atoms with van der Waals surface area (Å²) in [5.74, 6) is -0.419. The molecule has 4 heterocycles. The van der Waals surface area contributed by atoms with E-state index >= 15 is 0 Å². The Balaban J connectivity index is 1.64. The van der Waals surface area contributed by atoms with Gasteiger partial charge in [0.25, 0.3) is 11.5 Å². The van der Waals surface area contributed by atoms with E-state index in [-0.39, 0.29) is 17.9 Å². The number of aryl methyl sites for hydroxylation is 1. The second-order valence-corrected chi connectivity index (χ2v) is 9.95. The Kier molecular flexibility index (Phi) is 7.14. The molecule has 0 unspecified atom stereocenters. The molecule has 2 saturated heterocycles. The molecule has 10 heteroatoms. The van der Waals surface area contributed by atoms with Gasteiger partial charge in [-0.25, -0.2) is 4.98 Å². The maximum Gasteiger partial charge on any atom is 0.303 e. The number of carbonyl (C=O) groups excluding carboxylic acids is 1. The van der Waals surface area contributed by atoms with Gasteiger partial charge in [-0.3, -0.25) is 23.7 Å². The molecule has 0 aromatic carbocycles. The Hall–Kier alpha value is -2.72. The number of hydrogen-bond donors (Lipinski definition) is 1. The van der Waals surface area contributed by atoms with Crippen molar-refractivity contribution in [3.05, 3.63) is 44.7 Å². The summed E-state index contributed by atoms with van der Waals surface area (Å²) in [5.41, 5.74) is 1.73. The van der Waals surface area contributed by atoms with Crippen molar-refractivity contribution in [1.82, 2.24) is 14.3 Å². The summed E-state index contributed by atoms with van der Waals surface area (Å²) in [4.78, 5) is 46.1. The maximum absolute atomic E-state index is 13.5. The Morgan fingerprint density at radius 1 is 1.24 bits per heavy atom. The molecule has 33 heavy (non-hydrogen) atoms. The van der Waals surface area contributed by atoms with Gasteiger partial charge >= 0.3 is 5.97 Å². The molecule has 174 valence electrons. The lowest BCUT2D eigenvalue weighted by atomic mass is 10.2. The van der Waals surface area contributed by atoms with Gasteiger partial charge in [-0.15, -0.1) is 0 Å². The third-order valence-electron chi connectivity index (χ3n) is 5.89. The van der Waals surface area contributed by atoms with Gasteiger partial charge in [-0.2, -0.15) is 0 Å². The largest absolute Gasteiger partial charge is 0.481 e. The van der Waals surface area contributed by atoms with Crippen molar-refractivity contribution in [3.63, 3.8) is 0 Å². The van der Waals surface area contributed by atoms with Crippen molar-refractivity contribution in [2.45, 2.75) is 45.4 Å². The fraction of sp³-hybridized carbons (Fsp3) is 0.435. The van der Waals surface area contributed by atoms with Crippen LogP contribution in [0.4, 0.5) is 5.82 Å². The molecule has 4 rings (SSSR count). The number of anilines is 1. The Morgan fingerprint density at radius 3 is 2.73 bits per heavy atom. The zero-order chi connectivity index (χ0) is 23.5. The van der Waals surface area contributed by atoms with E-state index in [2.05, 4.69) is 4.90 Å². The summed E-state index contributed by atoms with van der Waals surface area (Å²) in [6.07, 6.45) is 7.49. The first-order valence-corrected chi connectivity index (χ1v) is 12.3. The summed E-state index contributed by atoms with van der Waals surface area (Å²) < 4.78 is 1.99. The van der Waals surface area contributed by atoms with Gasteiger partial charge < -0.3 is 10.0 Å². The molecule has 0 radical (unpaired) electrons. The number of carbonyl (C=O) groups is 2. The number of thiocarbonyl (C=S) groups is 1. The smallest absolute Gasteiger partial charge is 0.303 e. The van der Waals surface area contributed by atoms with Crippen LogP contribution in [0.15, 0.2) is 28.0 Å². The molecular weight excluding hydrogens is 460 g/mol. The topological polar surface area (TPSA) is 95.2 Å². The summed E-state index contributed by atoms with van der Waals surface area (Å²) in [5, 5.41) is 8.76. The predicted molar refractivity (Wildman–Crippen MR) is 134 cm³/mol. The van der Waals surface area contributed by atoms with E-state index in [1.807, 2.05) is 19.1 Å². The van der Waals surface area contributed by atoms with Crippen molar-refractivity contribution in [2.24, 2.45) is 0 Å². The lowest BCUT2D eigenvalue weighted by Crippen LogP contribution is -2.29. The molecular formula is C23H26N4O4S2. The van der Waals surface area contributed by atoms with E-state index in [0.717, 1.165) is 31.5 Å².